The van der Waals surface area contributed by atoms with Gasteiger partial charge in [0.1, 0.15) is 0 Å². The summed E-state index contributed by atoms with van der Waals surface area (Å²) in [7, 11) is 0. The molecular formula is C17H31N3O2. The van der Waals surface area contributed by atoms with Crippen molar-refractivity contribution in [2.75, 3.05) is 39.3 Å². The summed E-state index contributed by atoms with van der Waals surface area (Å²) in [5.41, 5.74) is 0. The van der Waals surface area contributed by atoms with Gasteiger partial charge in [-0.05, 0) is 44.2 Å². The number of rotatable bonds is 6. The molecule has 22 heavy (non-hydrogen) atoms. The Kier molecular flexibility index (Phi) is 6.68. The van der Waals surface area contributed by atoms with Crippen LogP contribution in [0.15, 0.2) is 0 Å². The minimum Gasteiger partial charge on any atom is -0.355 e. The molecule has 5 nitrogen and oxygen atoms in total. The van der Waals surface area contributed by atoms with Gasteiger partial charge in [0.05, 0.1) is 0 Å². The maximum Gasteiger partial charge on any atom is 0.223 e. The highest BCUT2D eigenvalue weighted by Crippen LogP contribution is 2.21. The van der Waals surface area contributed by atoms with E-state index in [9.17, 15) is 9.59 Å². The summed E-state index contributed by atoms with van der Waals surface area (Å²) in [5.74, 6) is 1.28. The number of carbonyl (C=O) groups is 2. The van der Waals surface area contributed by atoms with E-state index in [1.807, 2.05) is 4.90 Å². The van der Waals surface area contributed by atoms with E-state index in [0.717, 1.165) is 32.7 Å². The van der Waals surface area contributed by atoms with Gasteiger partial charge in [-0.15, -0.1) is 0 Å². The quantitative estimate of drug-likeness (QED) is 0.808. The monoisotopic (exact) mass is 309 g/mol. The largest absolute Gasteiger partial charge is 0.355 e. The number of hydrogen-bond acceptors (Lipinski definition) is 3. The average molecular weight is 309 g/mol. The molecule has 0 bridgehead atoms. The molecule has 0 saturated carbocycles. The third-order valence-electron chi connectivity index (χ3n) is 4.74. The second-order valence-electron chi connectivity index (χ2n) is 7.14. The van der Waals surface area contributed by atoms with Crippen LogP contribution >= 0.6 is 0 Å². The van der Waals surface area contributed by atoms with E-state index in [0.29, 0.717) is 31.2 Å². The molecule has 2 rings (SSSR count). The Hall–Kier alpha value is -1.10. The zero-order valence-electron chi connectivity index (χ0n) is 14.1. The van der Waals surface area contributed by atoms with Crippen LogP contribution in [-0.2, 0) is 9.59 Å². The first kappa shape index (κ1) is 17.3. The number of likely N-dealkylation sites (tertiary alicyclic amines) is 2. The first-order valence-corrected chi connectivity index (χ1v) is 8.81. The van der Waals surface area contributed by atoms with Crippen LogP contribution in [0.3, 0.4) is 0 Å². The van der Waals surface area contributed by atoms with Gasteiger partial charge in [0, 0.05) is 39.0 Å². The van der Waals surface area contributed by atoms with Gasteiger partial charge in [-0.25, -0.2) is 0 Å². The lowest BCUT2D eigenvalue weighted by atomic mass is 9.91. The summed E-state index contributed by atoms with van der Waals surface area (Å²) in [6.45, 7) is 10.0. The first-order valence-electron chi connectivity index (χ1n) is 8.81. The van der Waals surface area contributed by atoms with Crippen molar-refractivity contribution in [2.24, 2.45) is 11.8 Å². The van der Waals surface area contributed by atoms with Crippen LogP contribution in [0.5, 0.6) is 0 Å². The van der Waals surface area contributed by atoms with Gasteiger partial charge in [0.25, 0.3) is 0 Å². The first-order chi connectivity index (χ1) is 10.5. The second kappa shape index (κ2) is 8.51. The van der Waals surface area contributed by atoms with Gasteiger partial charge in [-0.3, -0.25) is 9.59 Å². The fraction of sp³-hybridized carbons (Fsp3) is 0.882. The minimum atomic E-state index is 0.00523. The molecule has 2 aliphatic heterocycles. The summed E-state index contributed by atoms with van der Waals surface area (Å²) < 4.78 is 0. The lowest BCUT2D eigenvalue weighted by Gasteiger charge is -2.35. The lowest BCUT2D eigenvalue weighted by Crippen LogP contribution is -2.43. The van der Waals surface area contributed by atoms with Crippen LogP contribution in [0.2, 0.25) is 0 Å². The Morgan fingerprint density at radius 1 is 1.05 bits per heavy atom. The number of piperidine rings is 1. The Balaban J connectivity index is 1.59. The van der Waals surface area contributed by atoms with E-state index in [1.54, 1.807) is 0 Å². The molecule has 0 spiro atoms. The molecule has 0 aromatic heterocycles. The minimum absolute atomic E-state index is 0.00523. The molecule has 1 N–H and O–H groups in total. The van der Waals surface area contributed by atoms with E-state index in [-0.39, 0.29) is 11.8 Å². The predicted octanol–water partition coefficient (Wildman–Crippen LogP) is 1.48. The van der Waals surface area contributed by atoms with E-state index in [2.05, 4.69) is 24.1 Å². The van der Waals surface area contributed by atoms with Gasteiger partial charge in [-0.1, -0.05) is 13.8 Å². The van der Waals surface area contributed by atoms with Crippen LogP contribution in [0, 0.1) is 11.8 Å². The maximum absolute atomic E-state index is 12.2. The Labute approximate surface area is 134 Å². The normalized spacial score (nSPS) is 26.2. The molecule has 0 radical (unpaired) electrons. The van der Waals surface area contributed by atoms with Crippen molar-refractivity contribution in [3.8, 4) is 0 Å². The summed E-state index contributed by atoms with van der Waals surface area (Å²) in [6.07, 6.45) is 4.40. The highest BCUT2D eigenvalue weighted by atomic mass is 16.2. The molecule has 0 aromatic rings. The van der Waals surface area contributed by atoms with E-state index in [4.69, 9.17) is 0 Å². The smallest absolute Gasteiger partial charge is 0.223 e. The summed E-state index contributed by atoms with van der Waals surface area (Å²) in [5, 5.41) is 2.93. The fourth-order valence-electron chi connectivity index (χ4n) is 3.69. The molecule has 2 amide bonds. The van der Waals surface area contributed by atoms with E-state index >= 15 is 0 Å². The van der Waals surface area contributed by atoms with Gasteiger partial charge < -0.3 is 15.1 Å². The van der Waals surface area contributed by atoms with Gasteiger partial charge >= 0.3 is 0 Å². The molecule has 2 aliphatic rings. The van der Waals surface area contributed by atoms with Crippen LogP contribution in [0.1, 0.15) is 46.0 Å². The van der Waals surface area contributed by atoms with Crippen LogP contribution < -0.4 is 5.32 Å². The topological polar surface area (TPSA) is 52.7 Å². The number of amides is 2. The molecular weight excluding hydrogens is 278 g/mol. The van der Waals surface area contributed by atoms with Gasteiger partial charge in [0.2, 0.25) is 11.8 Å². The second-order valence-corrected chi connectivity index (χ2v) is 7.14. The zero-order valence-corrected chi connectivity index (χ0v) is 14.1. The molecule has 0 aliphatic carbocycles. The van der Waals surface area contributed by atoms with Crippen molar-refractivity contribution in [2.45, 2.75) is 46.0 Å². The molecule has 5 heteroatoms. The van der Waals surface area contributed by atoms with E-state index < -0.39 is 0 Å². The molecule has 2 heterocycles. The van der Waals surface area contributed by atoms with Crippen molar-refractivity contribution in [1.29, 1.82) is 0 Å². The average Bonchev–Trinajstić information content (AvgIpc) is 2.97. The van der Waals surface area contributed by atoms with Crippen molar-refractivity contribution in [1.82, 2.24) is 15.1 Å². The molecule has 0 aromatic carbocycles. The molecule has 0 unspecified atom stereocenters. The van der Waals surface area contributed by atoms with Crippen LogP contribution in [0.25, 0.3) is 0 Å². The SMILES string of the molecule is C[C@H]1C[C@H](C)CN(C(=O)CCC(=O)NCCN2CCCC2)C1. The zero-order chi connectivity index (χ0) is 15.9. The fourth-order valence-corrected chi connectivity index (χ4v) is 3.69. The third kappa shape index (κ3) is 5.59. The van der Waals surface area contributed by atoms with Gasteiger partial charge in [-0.2, -0.15) is 0 Å². The predicted molar refractivity (Wildman–Crippen MR) is 87.4 cm³/mol. The summed E-state index contributed by atoms with van der Waals surface area (Å²) >= 11 is 0. The summed E-state index contributed by atoms with van der Waals surface area (Å²) in [6, 6.07) is 0. The highest BCUT2D eigenvalue weighted by Gasteiger charge is 2.25. The Bertz CT molecular complexity index is 370. The third-order valence-corrected chi connectivity index (χ3v) is 4.74. The Morgan fingerprint density at radius 3 is 2.32 bits per heavy atom. The van der Waals surface area contributed by atoms with Crippen LogP contribution in [0.4, 0.5) is 0 Å². The van der Waals surface area contributed by atoms with Gasteiger partial charge in [0.15, 0.2) is 0 Å². The molecule has 2 saturated heterocycles. The maximum atomic E-state index is 12.2. The van der Waals surface area contributed by atoms with Crippen molar-refractivity contribution < 1.29 is 9.59 Å². The van der Waals surface area contributed by atoms with Crippen molar-refractivity contribution in [3.05, 3.63) is 0 Å². The number of hydrogen-bond donors (Lipinski definition) is 1. The Morgan fingerprint density at radius 2 is 1.68 bits per heavy atom. The number of carbonyl (C=O) groups excluding carboxylic acids is 2. The van der Waals surface area contributed by atoms with Crippen molar-refractivity contribution >= 4 is 11.8 Å². The molecule has 2 fully saturated rings. The molecule has 126 valence electrons. The number of nitrogens with zero attached hydrogens (tertiary/aromatic N) is 2. The van der Waals surface area contributed by atoms with Crippen molar-refractivity contribution in [3.63, 3.8) is 0 Å². The highest BCUT2D eigenvalue weighted by molar-refractivity contribution is 5.83. The lowest BCUT2D eigenvalue weighted by molar-refractivity contribution is -0.135. The van der Waals surface area contributed by atoms with E-state index in [1.165, 1.54) is 19.3 Å². The summed E-state index contributed by atoms with van der Waals surface area (Å²) in [4.78, 5) is 28.4. The molecule has 2 atom stereocenters. The standard InChI is InChI=1S/C17H31N3O2/c1-14-11-15(2)13-20(12-14)17(22)6-5-16(21)18-7-10-19-8-3-4-9-19/h14-15H,3-13H2,1-2H3,(H,18,21)/t14-,15-/m0/s1. The van der Waals surface area contributed by atoms with Crippen LogP contribution in [-0.4, -0.2) is 60.9 Å². The number of nitrogens with one attached hydrogen (secondary N) is 1.